The Hall–Kier alpha value is -1.44. The maximum absolute atomic E-state index is 12.3. The van der Waals surface area contributed by atoms with Crippen molar-refractivity contribution in [3.8, 4) is 0 Å². The summed E-state index contributed by atoms with van der Waals surface area (Å²) in [5.74, 6) is 0.495. The van der Waals surface area contributed by atoms with E-state index in [1.165, 1.54) is 16.7 Å². The molecule has 0 atom stereocenters. The average Bonchev–Trinajstić information content (AvgIpc) is 2.30. The molecule has 2 heteroatoms. The molecule has 0 aliphatic heterocycles. The molecule has 1 aromatic carbocycles. The lowest BCUT2D eigenvalue weighted by atomic mass is 9.64. The Balaban J connectivity index is 2.58. The summed E-state index contributed by atoms with van der Waals surface area (Å²) in [6.07, 6.45) is 2.41. The third-order valence-corrected chi connectivity index (χ3v) is 4.49. The van der Waals surface area contributed by atoms with E-state index in [9.17, 15) is 9.59 Å². The van der Waals surface area contributed by atoms with Crippen molar-refractivity contribution in [1.29, 1.82) is 0 Å². The van der Waals surface area contributed by atoms with Gasteiger partial charge in [-0.15, -0.1) is 0 Å². The van der Waals surface area contributed by atoms with Gasteiger partial charge in [0.25, 0.3) is 0 Å². The Bertz CT molecular complexity index is 507. The summed E-state index contributed by atoms with van der Waals surface area (Å²) in [5, 5.41) is 0. The molecular weight excluding hydrogens is 236 g/mol. The van der Waals surface area contributed by atoms with Crippen LogP contribution in [0, 0.1) is 20.8 Å². The molecule has 2 nitrogen and oxygen atoms in total. The first-order valence-corrected chi connectivity index (χ1v) is 6.98. The van der Waals surface area contributed by atoms with Crippen molar-refractivity contribution in [2.45, 2.75) is 58.8 Å². The molecule has 0 unspecified atom stereocenters. The Kier molecular flexibility index (Phi) is 3.62. The van der Waals surface area contributed by atoms with E-state index in [0.29, 0.717) is 31.5 Å². The van der Waals surface area contributed by atoms with Gasteiger partial charge in [0.2, 0.25) is 0 Å². The number of aryl methyl sites for hydroxylation is 3. The zero-order chi connectivity index (χ0) is 14.2. The summed E-state index contributed by atoms with van der Waals surface area (Å²) in [6, 6.07) is 4.28. The molecule has 0 aromatic heterocycles. The van der Waals surface area contributed by atoms with Gasteiger partial charge in [-0.25, -0.2) is 0 Å². The van der Waals surface area contributed by atoms with E-state index in [1.54, 1.807) is 6.92 Å². The number of hydrogen-bond acceptors (Lipinski definition) is 2. The van der Waals surface area contributed by atoms with Crippen LogP contribution in [0.1, 0.15) is 54.9 Å². The van der Waals surface area contributed by atoms with Crippen LogP contribution < -0.4 is 0 Å². The van der Waals surface area contributed by atoms with E-state index < -0.39 is 5.41 Å². The van der Waals surface area contributed by atoms with Crippen molar-refractivity contribution >= 4 is 11.6 Å². The van der Waals surface area contributed by atoms with Gasteiger partial charge in [-0.3, -0.25) is 9.59 Å². The van der Waals surface area contributed by atoms with Crippen LogP contribution in [0.5, 0.6) is 0 Å². The van der Waals surface area contributed by atoms with E-state index in [0.717, 1.165) is 5.56 Å². The summed E-state index contributed by atoms with van der Waals surface area (Å²) in [4.78, 5) is 23.8. The van der Waals surface area contributed by atoms with Crippen molar-refractivity contribution in [2.75, 3.05) is 0 Å². The molecule has 1 fully saturated rings. The van der Waals surface area contributed by atoms with Crippen LogP contribution in [0.15, 0.2) is 12.1 Å². The summed E-state index contributed by atoms with van der Waals surface area (Å²) in [6.45, 7) is 7.91. The van der Waals surface area contributed by atoms with E-state index in [4.69, 9.17) is 0 Å². The first kappa shape index (κ1) is 14.0. The SMILES string of the molecule is CC(=O)C1(c2c(C)cc(C)cc2C)CCC(=O)CC1. The highest BCUT2D eigenvalue weighted by Crippen LogP contribution is 2.42. The van der Waals surface area contributed by atoms with Gasteiger partial charge in [-0.05, 0) is 57.2 Å². The minimum atomic E-state index is -0.435. The second-order valence-corrected chi connectivity index (χ2v) is 5.95. The van der Waals surface area contributed by atoms with E-state index in [1.807, 2.05) is 0 Å². The van der Waals surface area contributed by atoms with E-state index >= 15 is 0 Å². The molecule has 1 aliphatic carbocycles. The molecule has 2 rings (SSSR count). The van der Waals surface area contributed by atoms with Crippen LogP contribution in [0.4, 0.5) is 0 Å². The van der Waals surface area contributed by atoms with E-state index in [-0.39, 0.29) is 5.78 Å². The Morgan fingerprint density at radius 2 is 1.53 bits per heavy atom. The largest absolute Gasteiger partial charge is 0.300 e. The summed E-state index contributed by atoms with van der Waals surface area (Å²) in [5.41, 5.74) is 4.32. The molecule has 1 saturated carbocycles. The third kappa shape index (κ3) is 2.36. The molecule has 0 amide bonds. The Morgan fingerprint density at radius 1 is 1.05 bits per heavy atom. The molecule has 102 valence electrons. The van der Waals surface area contributed by atoms with Gasteiger partial charge in [-0.2, -0.15) is 0 Å². The second-order valence-electron chi connectivity index (χ2n) is 5.95. The lowest BCUT2D eigenvalue weighted by Crippen LogP contribution is -2.39. The van der Waals surface area contributed by atoms with Crippen LogP contribution in [0.25, 0.3) is 0 Å². The first-order valence-electron chi connectivity index (χ1n) is 6.98. The van der Waals surface area contributed by atoms with Crippen molar-refractivity contribution in [3.05, 3.63) is 34.4 Å². The van der Waals surface area contributed by atoms with Crippen molar-refractivity contribution < 1.29 is 9.59 Å². The maximum Gasteiger partial charge on any atom is 0.140 e. The number of benzene rings is 1. The Morgan fingerprint density at radius 3 is 1.95 bits per heavy atom. The van der Waals surface area contributed by atoms with Gasteiger partial charge >= 0.3 is 0 Å². The van der Waals surface area contributed by atoms with Crippen LogP contribution in [0.3, 0.4) is 0 Å². The molecule has 0 saturated heterocycles. The van der Waals surface area contributed by atoms with Crippen LogP contribution in [0.2, 0.25) is 0 Å². The second kappa shape index (κ2) is 4.92. The smallest absolute Gasteiger partial charge is 0.140 e. The number of carbonyl (C=O) groups is 2. The van der Waals surface area contributed by atoms with Crippen LogP contribution in [-0.2, 0) is 15.0 Å². The number of rotatable bonds is 2. The number of Topliss-reactive ketones (excluding diaryl/α,β-unsaturated/α-hetero) is 2. The van der Waals surface area contributed by atoms with Gasteiger partial charge in [0.1, 0.15) is 11.6 Å². The molecule has 19 heavy (non-hydrogen) atoms. The standard InChI is InChI=1S/C17H22O2/c1-11-9-12(2)16(13(3)10-11)17(14(4)18)7-5-15(19)6-8-17/h9-10H,5-8H2,1-4H3. The third-order valence-electron chi connectivity index (χ3n) is 4.49. The molecule has 1 aromatic rings. The minimum Gasteiger partial charge on any atom is -0.300 e. The van der Waals surface area contributed by atoms with Gasteiger partial charge in [-0.1, -0.05) is 17.7 Å². The maximum atomic E-state index is 12.3. The molecule has 0 N–H and O–H groups in total. The van der Waals surface area contributed by atoms with Gasteiger partial charge in [0.05, 0.1) is 5.41 Å². The highest BCUT2D eigenvalue weighted by molar-refractivity contribution is 5.92. The fourth-order valence-electron chi connectivity index (χ4n) is 3.67. The fraction of sp³-hybridized carbons (Fsp3) is 0.529. The zero-order valence-electron chi connectivity index (χ0n) is 12.3. The van der Waals surface area contributed by atoms with Gasteiger partial charge in [0.15, 0.2) is 0 Å². The monoisotopic (exact) mass is 258 g/mol. The minimum absolute atomic E-state index is 0.204. The summed E-state index contributed by atoms with van der Waals surface area (Å²) in [7, 11) is 0. The van der Waals surface area contributed by atoms with Crippen molar-refractivity contribution in [2.24, 2.45) is 0 Å². The van der Waals surface area contributed by atoms with Crippen molar-refractivity contribution in [1.82, 2.24) is 0 Å². The predicted octanol–water partition coefficient (Wildman–Crippen LogP) is 3.58. The first-order chi connectivity index (χ1) is 8.86. The van der Waals surface area contributed by atoms with Gasteiger partial charge < -0.3 is 0 Å². The number of ketones is 2. The number of carbonyl (C=O) groups excluding carboxylic acids is 2. The highest BCUT2D eigenvalue weighted by Gasteiger charge is 2.42. The fourth-order valence-corrected chi connectivity index (χ4v) is 3.67. The lowest BCUT2D eigenvalue weighted by molar-refractivity contribution is -0.127. The predicted molar refractivity (Wildman–Crippen MR) is 76.5 cm³/mol. The molecule has 0 spiro atoms. The summed E-state index contributed by atoms with van der Waals surface area (Å²) >= 11 is 0. The molecule has 0 radical (unpaired) electrons. The molecular formula is C17H22O2. The van der Waals surface area contributed by atoms with E-state index in [2.05, 4.69) is 32.9 Å². The van der Waals surface area contributed by atoms with Crippen LogP contribution in [-0.4, -0.2) is 11.6 Å². The average molecular weight is 258 g/mol. The highest BCUT2D eigenvalue weighted by atomic mass is 16.1. The topological polar surface area (TPSA) is 34.1 Å². The molecule has 0 bridgehead atoms. The lowest BCUT2D eigenvalue weighted by Gasteiger charge is -2.37. The zero-order valence-corrected chi connectivity index (χ0v) is 12.3. The normalized spacial score (nSPS) is 18.4. The van der Waals surface area contributed by atoms with Crippen molar-refractivity contribution in [3.63, 3.8) is 0 Å². The molecule has 0 heterocycles. The molecule has 1 aliphatic rings. The van der Waals surface area contributed by atoms with Crippen LogP contribution >= 0.6 is 0 Å². The number of hydrogen-bond donors (Lipinski definition) is 0. The quantitative estimate of drug-likeness (QED) is 0.812. The Labute approximate surface area is 115 Å². The summed E-state index contributed by atoms with van der Waals surface area (Å²) < 4.78 is 0. The van der Waals surface area contributed by atoms with Gasteiger partial charge in [0, 0.05) is 12.8 Å².